The highest BCUT2D eigenvalue weighted by molar-refractivity contribution is 6.30. The topological polar surface area (TPSA) is 100 Å². The Labute approximate surface area is 195 Å². The van der Waals surface area contributed by atoms with Gasteiger partial charge in [-0.3, -0.25) is 14.6 Å². The van der Waals surface area contributed by atoms with Gasteiger partial charge in [-0.1, -0.05) is 48.0 Å². The Morgan fingerprint density at radius 1 is 1.09 bits per heavy atom. The lowest BCUT2D eigenvalue weighted by Crippen LogP contribution is -2.49. The van der Waals surface area contributed by atoms with Crippen molar-refractivity contribution in [3.8, 4) is 6.07 Å². The number of benzene rings is 2. The van der Waals surface area contributed by atoms with Gasteiger partial charge in [0, 0.05) is 34.6 Å². The van der Waals surface area contributed by atoms with Gasteiger partial charge in [0.1, 0.15) is 6.04 Å². The summed E-state index contributed by atoms with van der Waals surface area (Å²) in [4.78, 5) is 33.2. The van der Waals surface area contributed by atoms with Gasteiger partial charge in [-0.05, 0) is 47.5 Å². The van der Waals surface area contributed by atoms with Gasteiger partial charge in [0.25, 0.3) is 0 Å². The third-order valence-electron chi connectivity index (χ3n) is 6.58. The minimum Gasteiger partial charge on any atom is -0.368 e. The van der Waals surface area contributed by atoms with Gasteiger partial charge in [0.2, 0.25) is 5.91 Å². The predicted molar refractivity (Wildman–Crippen MR) is 126 cm³/mol. The van der Waals surface area contributed by atoms with Crippen molar-refractivity contribution >= 4 is 35.1 Å². The Balaban J connectivity index is 1.80. The molecular formula is C26H19ClN4O2. The number of hydrogen-bond acceptors (Lipinski definition) is 5. The van der Waals surface area contributed by atoms with Crippen LogP contribution >= 0.6 is 11.6 Å². The van der Waals surface area contributed by atoms with Crippen molar-refractivity contribution in [1.82, 2.24) is 4.98 Å². The fourth-order valence-corrected chi connectivity index (χ4v) is 5.27. The number of nitrogens with two attached hydrogens (primary N) is 1. The molecule has 33 heavy (non-hydrogen) atoms. The van der Waals surface area contributed by atoms with Crippen molar-refractivity contribution in [3.05, 3.63) is 101 Å². The molecule has 0 radical (unpaired) electrons. The molecule has 3 aromatic rings. The number of fused-ring (bicyclic) bond motifs is 3. The molecule has 6 nitrogen and oxygen atoms in total. The highest BCUT2D eigenvalue weighted by atomic mass is 35.5. The van der Waals surface area contributed by atoms with Crippen LogP contribution < -0.4 is 10.6 Å². The van der Waals surface area contributed by atoms with E-state index >= 15 is 0 Å². The van der Waals surface area contributed by atoms with Gasteiger partial charge < -0.3 is 10.6 Å². The van der Waals surface area contributed by atoms with Crippen molar-refractivity contribution in [2.24, 2.45) is 11.1 Å². The Hall–Kier alpha value is -3.95. The molecule has 1 fully saturated rings. The molecule has 162 valence electrons. The third-order valence-corrected chi connectivity index (χ3v) is 6.83. The van der Waals surface area contributed by atoms with Crippen molar-refractivity contribution in [2.75, 3.05) is 4.90 Å². The quantitative estimate of drug-likeness (QED) is 0.601. The monoisotopic (exact) mass is 454 g/mol. The highest BCUT2D eigenvalue weighted by Gasteiger charge is 2.65. The first-order valence-corrected chi connectivity index (χ1v) is 10.8. The minimum absolute atomic E-state index is 0.228. The molecule has 0 bridgehead atoms. The molecule has 5 rings (SSSR count). The summed E-state index contributed by atoms with van der Waals surface area (Å²) in [7, 11) is 0. The maximum Gasteiger partial charge on any atom is 0.241 e. The van der Waals surface area contributed by atoms with Crippen LogP contribution in [0.25, 0.3) is 6.08 Å². The number of amides is 1. The number of pyridine rings is 1. The molecule has 0 aliphatic carbocycles. The third kappa shape index (κ3) is 3.05. The number of nitriles is 1. The number of anilines is 1. The molecule has 7 heteroatoms. The standard InChI is InChI=1S/C26H19ClN4O2/c27-19-10-7-17(8-11-19)24(32)23-22(18-5-3-13-30-14-18)26(15-28,25(29)33)21-12-9-16-4-1-2-6-20(16)31(21)23/h1-14,21-23H,(H2,29,33). The highest BCUT2D eigenvalue weighted by Crippen LogP contribution is 2.55. The van der Waals surface area contributed by atoms with Gasteiger partial charge in [-0.25, -0.2) is 0 Å². The SMILES string of the molecule is N#CC1(C(N)=O)C(c2cccnc2)C(C(=O)c2ccc(Cl)cc2)N2c3ccccc3C=CC21. The lowest BCUT2D eigenvalue weighted by Gasteiger charge is -2.36. The first-order valence-electron chi connectivity index (χ1n) is 10.5. The summed E-state index contributed by atoms with van der Waals surface area (Å²) in [6.07, 6.45) is 6.88. The van der Waals surface area contributed by atoms with Crippen LogP contribution in [-0.4, -0.2) is 28.8 Å². The molecule has 2 aliphatic rings. The molecule has 4 atom stereocenters. The van der Waals surface area contributed by atoms with E-state index in [1.807, 2.05) is 35.2 Å². The zero-order chi connectivity index (χ0) is 23.2. The number of para-hydroxylation sites is 1. The van der Waals surface area contributed by atoms with E-state index in [-0.39, 0.29) is 5.78 Å². The Kier molecular flexibility index (Phi) is 4.99. The van der Waals surface area contributed by atoms with E-state index in [4.69, 9.17) is 17.3 Å². The number of hydrogen-bond donors (Lipinski definition) is 1. The van der Waals surface area contributed by atoms with Crippen LogP contribution in [0.2, 0.25) is 5.02 Å². The molecule has 1 saturated heterocycles. The lowest BCUT2D eigenvalue weighted by atomic mass is 9.68. The predicted octanol–water partition coefficient (Wildman–Crippen LogP) is 3.98. The van der Waals surface area contributed by atoms with E-state index in [0.717, 1.165) is 11.3 Å². The maximum atomic E-state index is 14.0. The maximum absolute atomic E-state index is 14.0. The average Bonchev–Trinajstić information content (AvgIpc) is 3.16. The van der Waals surface area contributed by atoms with Crippen LogP contribution in [0.3, 0.4) is 0 Å². The second-order valence-corrected chi connectivity index (χ2v) is 8.63. The van der Waals surface area contributed by atoms with Crippen LogP contribution in [0.1, 0.15) is 27.4 Å². The average molecular weight is 455 g/mol. The van der Waals surface area contributed by atoms with Gasteiger partial charge in [0.05, 0.1) is 12.1 Å². The van der Waals surface area contributed by atoms with Gasteiger partial charge in [0.15, 0.2) is 11.2 Å². The van der Waals surface area contributed by atoms with E-state index in [1.54, 1.807) is 54.9 Å². The van der Waals surface area contributed by atoms with Crippen molar-refractivity contribution < 1.29 is 9.59 Å². The minimum atomic E-state index is -1.68. The molecular weight excluding hydrogens is 436 g/mol. The molecule has 4 unspecified atom stereocenters. The molecule has 1 aromatic heterocycles. The number of carbonyl (C=O) groups excluding carboxylic acids is 2. The number of rotatable bonds is 4. The van der Waals surface area contributed by atoms with Gasteiger partial charge in [-0.15, -0.1) is 0 Å². The number of primary amides is 1. The van der Waals surface area contributed by atoms with E-state index < -0.39 is 29.3 Å². The van der Waals surface area contributed by atoms with Gasteiger partial charge in [-0.2, -0.15) is 5.26 Å². The second-order valence-electron chi connectivity index (χ2n) is 8.20. The number of carbonyl (C=O) groups is 2. The number of Topliss-reactive ketones (excluding diaryl/α,β-unsaturated/α-hetero) is 1. The fraction of sp³-hybridized carbons (Fsp3) is 0.154. The van der Waals surface area contributed by atoms with Crippen LogP contribution in [0.5, 0.6) is 0 Å². The zero-order valence-corrected chi connectivity index (χ0v) is 18.2. The molecule has 3 heterocycles. The van der Waals surface area contributed by atoms with Crippen LogP contribution in [-0.2, 0) is 4.79 Å². The molecule has 1 amide bonds. The van der Waals surface area contributed by atoms with E-state index in [1.165, 1.54) is 0 Å². The van der Waals surface area contributed by atoms with E-state index in [0.29, 0.717) is 16.1 Å². The smallest absolute Gasteiger partial charge is 0.241 e. The largest absolute Gasteiger partial charge is 0.368 e. The van der Waals surface area contributed by atoms with Crippen LogP contribution in [0, 0.1) is 16.7 Å². The first kappa shape index (κ1) is 20.9. The summed E-state index contributed by atoms with van der Waals surface area (Å²) < 4.78 is 0. The number of nitrogens with zero attached hydrogens (tertiary/aromatic N) is 3. The summed E-state index contributed by atoms with van der Waals surface area (Å²) in [5.41, 5.74) is 6.96. The first-order chi connectivity index (χ1) is 16.0. The summed E-state index contributed by atoms with van der Waals surface area (Å²) in [5, 5.41) is 11.0. The molecule has 2 N–H and O–H groups in total. The van der Waals surface area contributed by atoms with Crippen LogP contribution in [0.4, 0.5) is 5.69 Å². The number of aromatic nitrogens is 1. The van der Waals surface area contributed by atoms with Crippen LogP contribution in [0.15, 0.2) is 79.1 Å². The summed E-state index contributed by atoms with van der Waals surface area (Å²) in [6.45, 7) is 0. The second kappa shape index (κ2) is 7.88. The Bertz CT molecular complexity index is 1320. The van der Waals surface area contributed by atoms with E-state index in [9.17, 15) is 14.9 Å². The Morgan fingerprint density at radius 3 is 2.52 bits per heavy atom. The van der Waals surface area contributed by atoms with Crippen molar-refractivity contribution in [1.29, 1.82) is 5.26 Å². The number of ketones is 1. The molecule has 2 aromatic carbocycles. The number of halogens is 1. The molecule has 0 saturated carbocycles. The van der Waals surface area contributed by atoms with E-state index in [2.05, 4.69) is 11.1 Å². The zero-order valence-electron chi connectivity index (χ0n) is 17.4. The summed E-state index contributed by atoms with van der Waals surface area (Å²) >= 11 is 6.04. The fourth-order valence-electron chi connectivity index (χ4n) is 5.15. The molecule has 0 spiro atoms. The summed E-state index contributed by atoms with van der Waals surface area (Å²) in [5.74, 6) is -1.84. The van der Waals surface area contributed by atoms with Crippen molar-refractivity contribution in [3.63, 3.8) is 0 Å². The van der Waals surface area contributed by atoms with Crippen molar-refractivity contribution in [2.45, 2.75) is 18.0 Å². The normalized spacial score (nSPS) is 25.1. The lowest BCUT2D eigenvalue weighted by molar-refractivity contribution is -0.125. The van der Waals surface area contributed by atoms with Gasteiger partial charge >= 0.3 is 0 Å². The Morgan fingerprint density at radius 2 is 1.85 bits per heavy atom. The summed E-state index contributed by atoms with van der Waals surface area (Å²) in [6, 6.07) is 18.4. The molecule has 2 aliphatic heterocycles.